The molecule has 1 fully saturated rings. The fraction of sp³-hybridized carbons (Fsp3) is 0.538. The Hall–Kier alpha value is -0.870. The summed E-state index contributed by atoms with van der Waals surface area (Å²) in [6, 6.07) is 7.99. The van der Waals surface area contributed by atoms with Crippen LogP contribution in [0.3, 0.4) is 0 Å². The Labute approximate surface area is 102 Å². The molecule has 1 aromatic carbocycles. The standard InChI is InChI=1S/C13H18O3S/c1-10-2-4-11(5-3-10)8-13(14)12-6-7-17(15,16)9-12/h2-5,12-14H,6-9H2,1H3. The number of aryl methyl sites for hydroxylation is 1. The van der Waals surface area contributed by atoms with Gasteiger partial charge in [0.1, 0.15) is 0 Å². The lowest BCUT2D eigenvalue weighted by Crippen LogP contribution is -2.23. The van der Waals surface area contributed by atoms with Crippen LogP contribution in [0.5, 0.6) is 0 Å². The summed E-state index contributed by atoms with van der Waals surface area (Å²) in [5.74, 6) is 0.268. The summed E-state index contributed by atoms with van der Waals surface area (Å²) in [7, 11) is -2.90. The molecule has 2 rings (SSSR count). The van der Waals surface area contributed by atoms with Gasteiger partial charge in [-0.3, -0.25) is 0 Å². The van der Waals surface area contributed by atoms with Gasteiger partial charge in [0, 0.05) is 5.92 Å². The molecule has 1 saturated heterocycles. The van der Waals surface area contributed by atoms with Crippen LogP contribution in [0, 0.1) is 12.8 Å². The van der Waals surface area contributed by atoms with Crippen LogP contribution in [0.25, 0.3) is 0 Å². The lowest BCUT2D eigenvalue weighted by molar-refractivity contribution is 0.120. The summed E-state index contributed by atoms with van der Waals surface area (Å²) < 4.78 is 22.7. The Morgan fingerprint density at radius 1 is 1.35 bits per heavy atom. The van der Waals surface area contributed by atoms with Gasteiger partial charge in [0.25, 0.3) is 0 Å². The molecule has 3 nitrogen and oxygen atoms in total. The maximum Gasteiger partial charge on any atom is 0.150 e. The number of aliphatic hydroxyl groups excluding tert-OH is 1. The maximum absolute atomic E-state index is 11.3. The third-order valence-electron chi connectivity index (χ3n) is 3.38. The van der Waals surface area contributed by atoms with Crippen molar-refractivity contribution in [3.05, 3.63) is 35.4 Å². The second-order valence-corrected chi connectivity index (χ2v) is 7.15. The highest BCUT2D eigenvalue weighted by molar-refractivity contribution is 7.91. The van der Waals surface area contributed by atoms with E-state index in [1.54, 1.807) is 0 Å². The third kappa shape index (κ3) is 3.30. The fourth-order valence-corrected chi connectivity index (χ4v) is 4.13. The molecule has 17 heavy (non-hydrogen) atoms. The molecule has 1 N–H and O–H groups in total. The zero-order valence-corrected chi connectivity index (χ0v) is 10.8. The third-order valence-corrected chi connectivity index (χ3v) is 5.17. The monoisotopic (exact) mass is 254 g/mol. The summed E-state index contributed by atoms with van der Waals surface area (Å²) in [4.78, 5) is 0. The maximum atomic E-state index is 11.3. The van der Waals surface area contributed by atoms with Gasteiger partial charge in [-0.1, -0.05) is 29.8 Å². The highest BCUT2D eigenvalue weighted by Crippen LogP contribution is 2.23. The molecule has 0 aromatic heterocycles. The van der Waals surface area contributed by atoms with Gasteiger partial charge in [-0.2, -0.15) is 0 Å². The molecule has 1 heterocycles. The van der Waals surface area contributed by atoms with Gasteiger partial charge < -0.3 is 5.11 Å². The lowest BCUT2D eigenvalue weighted by Gasteiger charge is -2.16. The van der Waals surface area contributed by atoms with E-state index < -0.39 is 15.9 Å². The van der Waals surface area contributed by atoms with Crippen molar-refractivity contribution in [3.8, 4) is 0 Å². The molecular weight excluding hydrogens is 236 g/mol. The number of sulfone groups is 1. The van der Waals surface area contributed by atoms with Crippen LogP contribution < -0.4 is 0 Å². The van der Waals surface area contributed by atoms with E-state index in [-0.39, 0.29) is 17.4 Å². The number of rotatable bonds is 3. The first kappa shape index (κ1) is 12.6. The molecule has 94 valence electrons. The zero-order chi connectivity index (χ0) is 12.5. The second-order valence-electron chi connectivity index (χ2n) is 4.92. The van der Waals surface area contributed by atoms with E-state index in [4.69, 9.17) is 0 Å². The largest absolute Gasteiger partial charge is 0.392 e. The number of hydrogen-bond acceptors (Lipinski definition) is 3. The second kappa shape index (κ2) is 4.78. The predicted molar refractivity (Wildman–Crippen MR) is 67.7 cm³/mol. The van der Waals surface area contributed by atoms with Crippen LogP contribution in [0.1, 0.15) is 17.5 Å². The molecule has 2 unspecified atom stereocenters. The van der Waals surface area contributed by atoms with Crippen molar-refractivity contribution in [1.82, 2.24) is 0 Å². The molecular formula is C13H18O3S. The summed E-state index contributed by atoms with van der Waals surface area (Å²) >= 11 is 0. The van der Waals surface area contributed by atoms with Gasteiger partial charge in [-0.25, -0.2) is 8.42 Å². The van der Waals surface area contributed by atoms with Crippen LogP contribution in [0.4, 0.5) is 0 Å². The van der Waals surface area contributed by atoms with E-state index in [2.05, 4.69) is 0 Å². The molecule has 0 spiro atoms. The first-order chi connectivity index (χ1) is 7.96. The minimum Gasteiger partial charge on any atom is -0.392 e. The number of aliphatic hydroxyl groups is 1. The van der Waals surface area contributed by atoms with E-state index in [9.17, 15) is 13.5 Å². The van der Waals surface area contributed by atoms with Crippen molar-refractivity contribution >= 4 is 9.84 Å². The van der Waals surface area contributed by atoms with Gasteiger partial charge in [0.15, 0.2) is 9.84 Å². The summed E-state index contributed by atoms with van der Waals surface area (Å²) in [6.07, 6.45) is 0.588. The van der Waals surface area contributed by atoms with Crippen LogP contribution >= 0.6 is 0 Å². The van der Waals surface area contributed by atoms with Gasteiger partial charge in [0.2, 0.25) is 0 Å². The quantitative estimate of drug-likeness (QED) is 0.885. The summed E-state index contributed by atoms with van der Waals surface area (Å²) in [5.41, 5.74) is 2.25. The topological polar surface area (TPSA) is 54.4 Å². The van der Waals surface area contributed by atoms with Crippen molar-refractivity contribution in [2.24, 2.45) is 5.92 Å². The van der Waals surface area contributed by atoms with Gasteiger partial charge >= 0.3 is 0 Å². The molecule has 0 bridgehead atoms. The van der Waals surface area contributed by atoms with Crippen LogP contribution in [0.15, 0.2) is 24.3 Å². The van der Waals surface area contributed by atoms with Crippen molar-refractivity contribution in [1.29, 1.82) is 0 Å². The average molecular weight is 254 g/mol. The van der Waals surface area contributed by atoms with Gasteiger partial charge in [-0.05, 0) is 25.3 Å². The van der Waals surface area contributed by atoms with E-state index in [1.165, 1.54) is 5.56 Å². The van der Waals surface area contributed by atoms with Gasteiger partial charge in [-0.15, -0.1) is 0 Å². The Morgan fingerprint density at radius 3 is 2.53 bits per heavy atom. The molecule has 1 aliphatic heterocycles. The van der Waals surface area contributed by atoms with Crippen molar-refractivity contribution < 1.29 is 13.5 Å². The van der Waals surface area contributed by atoms with E-state index >= 15 is 0 Å². The Bertz CT molecular complexity index is 476. The first-order valence-corrected chi connectivity index (χ1v) is 7.72. The first-order valence-electron chi connectivity index (χ1n) is 5.90. The summed E-state index contributed by atoms with van der Waals surface area (Å²) in [6.45, 7) is 2.02. The summed E-state index contributed by atoms with van der Waals surface area (Å²) in [5, 5.41) is 10.0. The average Bonchev–Trinajstić information content (AvgIpc) is 2.62. The Kier molecular flexibility index (Phi) is 3.54. The number of benzene rings is 1. The molecule has 1 aromatic rings. The van der Waals surface area contributed by atoms with Crippen molar-refractivity contribution in [2.75, 3.05) is 11.5 Å². The van der Waals surface area contributed by atoms with Crippen LogP contribution in [-0.4, -0.2) is 31.1 Å². The van der Waals surface area contributed by atoms with Crippen molar-refractivity contribution in [2.45, 2.75) is 25.9 Å². The molecule has 2 atom stereocenters. The molecule has 0 saturated carbocycles. The number of hydrogen-bond donors (Lipinski definition) is 1. The lowest BCUT2D eigenvalue weighted by atomic mass is 9.95. The minimum absolute atomic E-state index is 0.0960. The molecule has 0 radical (unpaired) electrons. The normalized spacial score (nSPS) is 24.7. The van der Waals surface area contributed by atoms with Crippen LogP contribution in [0.2, 0.25) is 0 Å². The smallest absolute Gasteiger partial charge is 0.150 e. The molecule has 4 heteroatoms. The Morgan fingerprint density at radius 2 is 2.00 bits per heavy atom. The minimum atomic E-state index is -2.90. The van der Waals surface area contributed by atoms with Gasteiger partial charge in [0.05, 0.1) is 17.6 Å². The highest BCUT2D eigenvalue weighted by Gasteiger charge is 2.32. The van der Waals surface area contributed by atoms with E-state index in [1.807, 2.05) is 31.2 Å². The molecule has 0 amide bonds. The zero-order valence-electron chi connectivity index (χ0n) is 9.96. The molecule has 0 aliphatic carbocycles. The predicted octanol–water partition coefficient (Wildman–Crippen LogP) is 1.33. The molecule has 1 aliphatic rings. The fourth-order valence-electron chi connectivity index (χ4n) is 2.26. The Balaban J connectivity index is 1.98. The highest BCUT2D eigenvalue weighted by atomic mass is 32.2. The van der Waals surface area contributed by atoms with Crippen LogP contribution in [-0.2, 0) is 16.3 Å². The van der Waals surface area contributed by atoms with E-state index in [0.717, 1.165) is 5.56 Å². The van der Waals surface area contributed by atoms with Crippen molar-refractivity contribution in [3.63, 3.8) is 0 Å². The van der Waals surface area contributed by atoms with E-state index in [0.29, 0.717) is 12.8 Å². The SMILES string of the molecule is Cc1ccc(CC(O)C2CCS(=O)(=O)C2)cc1.